The van der Waals surface area contributed by atoms with Crippen LogP contribution in [0.3, 0.4) is 0 Å². The molecule has 0 atom stereocenters. The van der Waals surface area contributed by atoms with Crippen molar-refractivity contribution in [2.75, 3.05) is 13.2 Å². The Balaban J connectivity index is 2.29. The average molecular weight is 243 g/mol. The summed E-state index contributed by atoms with van der Waals surface area (Å²) in [6.07, 6.45) is 0. The predicted octanol–water partition coefficient (Wildman–Crippen LogP) is 1.55. The molecule has 0 saturated carbocycles. The molecule has 0 radical (unpaired) electrons. The molecule has 4 nitrogen and oxygen atoms in total. The first-order valence-corrected chi connectivity index (χ1v) is 4.61. The van der Waals surface area contributed by atoms with Gasteiger partial charge in [-0.2, -0.15) is 0 Å². The average Bonchev–Trinajstić information content (AvgIpc) is 2.19. The molecule has 1 aliphatic rings. The van der Waals surface area contributed by atoms with Crippen LogP contribution in [0.15, 0.2) is 28.0 Å². The number of pyridine rings is 1. The summed E-state index contributed by atoms with van der Waals surface area (Å²) in [7, 11) is 0. The lowest BCUT2D eigenvalue weighted by molar-refractivity contribution is 0.0652. The summed E-state index contributed by atoms with van der Waals surface area (Å²) < 4.78 is 6.01. The van der Waals surface area contributed by atoms with Crippen molar-refractivity contribution in [3.05, 3.63) is 28.5 Å². The summed E-state index contributed by atoms with van der Waals surface area (Å²) in [6.45, 7) is 1.02. The highest BCUT2D eigenvalue weighted by molar-refractivity contribution is 9.10. The Morgan fingerprint density at radius 2 is 2.23 bits per heavy atom. The van der Waals surface area contributed by atoms with Crippen LogP contribution in [0.5, 0.6) is 0 Å². The van der Waals surface area contributed by atoms with Gasteiger partial charge in [0.15, 0.2) is 6.61 Å². The second-order valence-corrected chi connectivity index (χ2v) is 3.24. The van der Waals surface area contributed by atoms with Crippen LogP contribution < -0.4 is 0 Å². The smallest absolute Gasteiger partial charge is 0.276 e. The maximum atomic E-state index is 5.26. The Morgan fingerprint density at radius 1 is 1.31 bits per heavy atom. The van der Waals surface area contributed by atoms with Crippen LogP contribution in [0.1, 0.15) is 5.69 Å². The van der Waals surface area contributed by atoms with Crippen LogP contribution in [0, 0.1) is 0 Å². The van der Waals surface area contributed by atoms with E-state index in [2.05, 4.69) is 26.1 Å². The number of halogens is 1. The Hall–Kier alpha value is -1.10. The number of nitrogens with zero attached hydrogens (tertiary/aromatic N) is 2. The van der Waals surface area contributed by atoms with Crippen molar-refractivity contribution in [2.45, 2.75) is 0 Å². The van der Waals surface area contributed by atoms with Crippen molar-refractivity contribution in [3.8, 4) is 0 Å². The molecule has 0 aliphatic carbocycles. The van der Waals surface area contributed by atoms with Crippen molar-refractivity contribution < 1.29 is 9.57 Å². The van der Waals surface area contributed by atoms with Gasteiger partial charge in [-0.25, -0.2) is 4.98 Å². The monoisotopic (exact) mass is 242 g/mol. The van der Waals surface area contributed by atoms with Gasteiger partial charge in [0, 0.05) is 0 Å². The van der Waals surface area contributed by atoms with Crippen molar-refractivity contribution >= 4 is 21.8 Å². The van der Waals surface area contributed by atoms with Crippen LogP contribution in [-0.4, -0.2) is 24.1 Å². The molecule has 0 saturated heterocycles. The van der Waals surface area contributed by atoms with Gasteiger partial charge >= 0.3 is 0 Å². The van der Waals surface area contributed by atoms with Crippen molar-refractivity contribution in [1.29, 1.82) is 0 Å². The molecule has 1 aromatic heterocycles. The minimum absolute atomic E-state index is 0.438. The van der Waals surface area contributed by atoms with E-state index in [0.29, 0.717) is 24.8 Å². The minimum Gasteiger partial charge on any atom is -0.470 e. The summed E-state index contributed by atoms with van der Waals surface area (Å²) in [5, 5.41) is 3.75. The second-order valence-electron chi connectivity index (χ2n) is 2.42. The lowest BCUT2D eigenvalue weighted by atomic mass is 10.3. The van der Waals surface area contributed by atoms with Crippen LogP contribution in [-0.2, 0) is 9.57 Å². The van der Waals surface area contributed by atoms with E-state index >= 15 is 0 Å². The van der Waals surface area contributed by atoms with E-state index in [0.717, 1.165) is 4.60 Å². The van der Waals surface area contributed by atoms with E-state index < -0.39 is 0 Å². The molecular weight excluding hydrogens is 236 g/mol. The van der Waals surface area contributed by atoms with Gasteiger partial charge in [-0.1, -0.05) is 6.07 Å². The molecule has 68 valence electrons. The lowest BCUT2D eigenvalue weighted by Gasteiger charge is -2.12. The number of aromatic nitrogens is 1. The van der Waals surface area contributed by atoms with Crippen LogP contribution >= 0.6 is 15.9 Å². The Morgan fingerprint density at radius 3 is 2.92 bits per heavy atom. The van der Waals surface area contributed by atoms with Gasteiger partial charge in [0.1, 0.15) is 16.9 Å². The summed E-state index contributed by atoms with van der Waals surface area (Å²) in [5.41, 5.74) is 0.675. The summed E-state index contributed by atoms with van der Waals surface area (Å²) in [4.78, 5) is 9.06. The van der Waals surface area contributed by atoms with E-state index in [9.17, 15) is 0 Å². The van der Waals surface area contributed by atoms with E-state index in [1.807, 2.05) is 18.2 Å². The number of oxime groups is 1. The third-order valence-electron chi connectivity index (χ3n) is 1.50. The number of rotatable bonds is 1. The highest BCUT2D eigenvalue weighted by Gasteiger charge is 2.11. The molecule has 13 heavy (non-hydrogen) atoms. The first kappa shape index (κ1) is 8.50. The van der Waals surface area contributed by atoms with Gasteiger partial charge in [-0.3, -0.25) is 0 Å². The molecule has 1 aromatic rings. The van der Waals surface area contributed by atoms with E-state index in [1.165, 1.54) is 0 Å². The Bertz CT molecular complexity index is 341. The first-order valence-electron chi connectivity index (χ1n) is 3.82. The van der Waals surface area contributed by atoms with Crippen LogP contribution in [0.25, 0.3) is 0 Å². The Kier molecular flexibility index (Phi) is 2.44. The van der Waals surface area contributed by atoms with Gasteiger partial charge in [-0.05, 0) is 33.2 Å². The normalized spacial score (nSPS) is 15.6. The van der Waals surface area contributed by atoms with Crippen molar-refractivity contribution in [2.24, 2.45) is 5.16 Å². The molecule has 0 bridgehead atoms. The summed E-state index contributed by atoms with van der Waals surface area (Å²) in [6, 6.07) is 5.53. The standard InChI is InChI=1S/C8H7BrN2O2/c9-7-3-1-2-6(10-7)8-11-13-5-4-12-8/h1-3H,4-5H2. The highest BCUT2D eigenvalue weighted by atomic mass is 79.9. The highest BCUT2D eigenvalue weighted by Crippen LogP contribution is 2.09. The molecule has 0 N–H and O–H groups in total. The zero-order valence-electron chi connectivity index (χ0n) is 6.74. The van der Waals surface area contributed by atoms with E-state index in [-0.39, 0.29) is 0 Å². The molecule has 0 amide bonds. The summed E-state index contributed by atoms with van der Waals surface area (Å²) >= 11 is 3.27. The zero-order valence-corrected chi connectivity index (χ0v) is 8.32. The van der Waals surface area contributed by atoms with Crippen LogP contribution in [0.4, 0.5) is 0 Å². The molecule has 0 unspecified atom stereocenters. The van der Waals surface area contributed by atoms with Crippen molar-refractivity contribution in [3.63, 3.8) is 0 Å². The number of hydrogen-bond donors (Lipinski definition) is 0. The molecule has 0 aromatic carbocycles. The zero-order chi connectivity index (χ0) is 9.10. The molecule has 1 aliphatic heterocycles. The van der Waals surface area contributed by atoms with Gasteiger partial charge in [0.05, 0.1) is 0 Å². The molecule has 5 heteroatoms. The fraction of sp³-hybridized carbons (Fsp3) is 0.250. The van der Waals surface area contributed by atoms with Crippen LogP contribution in [0.2, 0.25) is 0 Å². The molecule has 0 spiro atoms. The number of ether oxygens (including phenoxy) is 1. The molecule has 2 rings (SSSR count). The van der Waals surface area contributed by atoms with Crippen molar-refractivity contribution in [1.82, 2.24) is 4.98 Å². The van der Waals surface area contributed by atoms with Gasteiger partial charge in [0.2, 0.25) is 0 Å². The largest absolute Gasteiger partial charge is 0.470 e. The topological polar surface area (TPSA) is 43.7 Å². The van der Waals surface area contributed by atoms with Gasteiger partial charge in [0.25, 0.3) is 5.90 Å². The number of hydrogen-bond acceptors (Lipinski definition) is 4. The van der Waals surface area contributed by atoms with E-state index in [1.54, 1.807) is 0 Å². The quantitative estimate of drug-likeness (QED) is 0.703. The fourth-order valence-corrected chi connectivity index (χ4v) is 1.30. The molecule has 2 heterocycles. The second kappa shape index (κ2) is 3.74. The molecular formula is C8H7BrN2O2. The maximum absolute atomic E-state index is 5.26. The fourth-order valence-electron chi connectivity index (χ4n) is 0.954. The SMILES string of the molecule is Brc1cccc(C2=NOCCO2)n1. The third kappa shape index (κ3) is 1.98. The predicted molar refractivity (Wildman–Crippen MR) is 50.4 cm³/mol. The Labute approximate surface area is 83.7 Å². The minimum atomic E-state index is 0.438. The van der Waals surface area contributed by atoms with Gasteiger partial charge < -0.3 is 9.57 Å². The maximum Gasteiger partial charge on any atom is 0.276 e. The molecule has 0 fully saturated rings. The summed E-state index contributed by atoms with van der Waals surface area (Å²) in [5.74, 6) is 0.438. The lowest BCUT2D eigenvalue weighted by Crippen LogP contribution is -2.18. The third-order valence-corrected chi connectivity index (χ3v) is 1.94. The van der Waals surface area contributed by atoms with Gasteiger partial charge in [-0.15, -0.1) is 0 Å². The first-order chi connectivity index (χ1) is 6.36. The van der Waals surface area contributed by atoms with E-state index in [4.69, 9.17) is 9.57 Å².